The highest BCUT2D eigenvalue weighted by Crippen LogP contribution is 2.27. The van der Waals surface area contributed by atoms with Crippen LogP contribution in [-0.2, 0) is 10.0 Å². The van der Waals surface area contributed by atoms with Crippen LogP contribution in [0.5, 0.6) is 0 Å². The van der Waals surface area contributed by atoms with Gasteiger partial charge in [-0.3, -0.25) is 4.79 Å². The Bertz CT molecular complexity index is 762. The molecule has 7 heteroatoms. The average Bonchev–Trinajstić information content (AvgIpc) is 2.67. The Kier molecular flexibility index (Phi) is 6.23. The van der Waals surface area contributed by atoms with Crippen LogP contribution in [0.4, 0.5) is 0 Å². The van der Waals surface area contributed by atoms with Crippen molar-refractivity contribution >= 4 is 15.9 Å². The Hall–Kier alpha value is -1.44. The maximum atomic E-state index is 13.1. The lowest BCUT2D eigenvalue weighted by Crippen LogP contribution is -2.44. The summed E-state index contributed by atoms with van der Waals surface area (Å²) in [7, 11) is -1.63. The van der Waals surface area contributed by atoms with E-state index in [4.69, 9.17) is 0 Å². The van der Waals surface area contributed by atoms with Crippen LogP contribution >= 0.6 is 0 Å². The molecule has 1 aromatic carbocycles. The van der Waals surface area contributed by atoms with Crippen LogP contribution in [0.2, 0.25) is 0 Å². The van der Waals surface area contributed by atoms with Crippen LogP contribution in [0.1, 0.15) is 43.5 Å². The molecule has 1 aromatic rings. The number of carbonyl (C=O) groups excluding carboxylic acids is 1. The van der Waals surface area contributed by atoms with Crippen molar-refractivity contribution < 1.29 is 13.2 Å². The second-order valence-corrected chi connectivity index (χ2v) is 10.1. The third-order valence-corrected chi connectivity index (χ3v) is 7.57. The Morgan fingerprint density at radius 1 is 1.11 bits per heavy atom. The number of rotatable bonds is 4. The highest BCUT2D eigenvalue weighted by Gasteiger charge is 2.32. The van der Waals surface area contributed by atoms with Gasteiger partial charge in [-0.25, -0.2) is 8.42 Å². The van der Waals surface area contributed by atoms with Gasteiger partial charge in [0.05, 0.1) is 4.90 Å². The van der Waals surface area contributed by atoms with E-state index in [1.54, 1.807) is 28.6 Å². The summed E-state index contributed by atoms with van der Waals surface area (Å²) in [6.45, 7) is 6.66. The minimum absolute atomic E-state index is 0.0815. The summed E-state index contributed by atoms with van der Waals surface area (Å²) in [6, 6.07) is 6.99. The molecule has 6 nitrogen and oxygen atoms in total. The standard InChI is InChI=1S/C20H31N3O3S/c1-15-11-16(2)14-23(13-15)27(25,26)19-6-4-5-17(12-19)20(24)22-9-7-18(21-3)8-10-22/h4-6,12,15-16,18,21H,7-11,13-14H2,1-3H3. The zero-order chi connectivity index (χ0) is 19.6. The minimum atomic E-state index is -3.57. The Morgan fingerprint density at radius 2 is 1.74 bits per heavy atom. The predicted octanol–water partition coefficient (Wildman–Crippen LogP) is 2.18. The number of benzene rings is 1. The van der Waals surface area contributed by atoms with Gasteiger partial charge in [-0.05, 0) is 56.3 Å². The van der Waals surface area contributed by atoms with Crippen LogP contribution in [0.3, 0.4) is 0 Å². The van der Waals surface area contributed by atoms with Crippen molar-refractivity contribution in [2.24, 2.45) is 11.8 Å². The van der Waals surface area contributed by atoms with E-state index in [9.17, 15) is 13.2 Å². The van der Waals surface area contributed by atoms with Crippen LogP contribution < -0.4 is 5.32 Å². The average molecular weight is 394 g/mol. The quantitative estimate of drug-likeness (QED) is 0.851. The first kappa shape index (κ1) is 20.3. The molecule has 27 heavy (non-hydrogen) atoms. The molecule has 150 valence electrons. The summed E-state index contributed by atoms with van der Waals surface area (Å²) < 4.78 is 27.8. The highest BCUT2D eigenvalue weighted by molar-refractivity contribution is 7.89. The Labute approximate surface area is 163 Å². The molecule has 0 spiro atoms. The maximum absolute atomic E-state index is 13.1. The predicted molar refractivity (Wildman–Crippen MR) is 106 cm³/mol. The van der Waals surface area contributed by atoms with Crippen LogP contribution in [0.25, 0.3) is 0 Å². The summed E-state index contributed by atoms with van der Waals surface area (Å²) in [5, 5.41) is 3.25. The third kappa shape index (κ3) is 4.52. The van der Waals surface area contributed by atoms with E-state index >= 15 is 0 Å². The Balaban J connectivity index is 1.78. The Morgan fingerprint density at radius 3 is 2.33 bits per heavy atom. The summed E-state index contributed by atoms with van der Waals surface area (Å²) in [4.78, 5) is 14.9. The first-order valence-electron chi connectivity index (χ1n) is 9.88. The number of hydrogen-bond acceptors (Lipinski definition) is 4. The van der Waals surface area contributed by atoms with Gasteiger partial charge in [0, 0.05) is 37.8 Å². The van der Waals surface area contributed by atoms with E-state index < -0.39 is 10.0 Å². The number of sulfonamides is 1. The molecule has 2 aliphatic rings. The molecule has 3 rings (SSSR count). The lowest BCUT2D eigenvalue weighted by molar-refractivity contribution is 0.0707. The largest absolute Gasteiger partial charge is 0.339 e. The molecule has 2 fully saturated rings. The molecule has 2 unspecified atom stereocenters. The molecule has 0 saturated carbocycles. The van der Waals surface area contributed by atoms with Gasteiger partial charge in [0.1, 0.15) is 0 Å². The van der Waals surface area contributed by atoms with E-state index in [-0.39, 0.29) is 10.8 Å². The summed E-state index contributed by atoms with van der Waals surface area (Å²) in [5.74, 6) is 0.616. The fourth-order valence-corrected chi connectivity index (χ4v) is 6.02. The molecule has 2 aliphatic heterocycles. The van der Waals surface area contributed by atoms with Gasteiger partial charge in [0.2, 0.25) is 10.0 Å². The van der Waals surface area contributed by atoms with Crippen molar-refractivity contribution in [3.63, 3.8) is 0 Å². The fourth-order valence-electron chi connectivity index (χ4n) is 4.29. The minimum Gasteiger partial charge on any atom is -0.339 e. The van der Waals surface area contributed by atoms with Crippen molar-refractivity contribution in [1.82, 2.24) is 14.5 Å². The van der Waals surface area contributed by atoms with Crippen LogP contribution in [-0.4, -0.2) is 62.8 Å². The summed E-state index contributed by atoms with van der Waals surface area (Å²) in [5.41, 5.74) is 0.456. The van der Waals surface area contributed by atoms with Gasteiger partial charge >= 0.3 is 0 Å². The second-order valence-electron chi connectivity index (χ2n) is 8.15. The third-order valence-electron chi connectivity index (χ3n) is 5.74. The SMILES string of the molecule is CNC1CCN(C(=O)c2cccc(S(=O)(=O)N3CC(C)CC(C)C3)c2)CC1. The molecule has 1 N–H and O–H groups in total. The first-order valence-corrected chi connectivity index (χ1v) is 11.3. The second kappa shape index (κ2) is 8.29. The smallest absolute Gasteiger partial charge is 0.253 e. The van der Waals surface area contributed by atoms with Crippen molar-refractivity contribution in [3.8, 4) is 0 Å². The molecule has 0 bridgehead atoms. The van der Waals surface area contributed by atoms with Gasteiger partial charge in [-0.1, -0.05) is 19.9 Å². The maximum Gasteiger partial charge on any atom is 0.253 e. The number of amides is 1. The zero-order valence-electron chi connectivity index (χ0n) is 16.5. The van der Waals surface area contributed by atoms with Gasteiger partial charge in [-0.15, -0.1) is 0 Å². The van der Waals surface area contributed by atoms with E-state index in [0.29, 0.717) is 49.6 Å². The molecular weight excluding hydrogens is 362 g/mol. The fraction of sp³-hybridized carbons (Fsp3) is 0.650. The molecule has 0 radical (unpaired) electrons. The molecule has 2 atom stereocenters. The van der Waals surface area contributed by atoms with Crippen molar-refractivity contribution in [2.45, 2.75) is 44.0 Å². The van der Waals surface area contributed by atoms with Gasteiger partial charge in [0.25, 0.3) is 5.91 Å². The lowest BCUT2D eigenvalue weighted by atomic mass is 9.94. The van der Waals surface area contributed by atoms with E-state index in [1.807, 2.05) is 11.9 Å². The number of piperidine rings is 2. The van der Waals surface area contributed by atoms with Crippen LogP contribution in [0, 0.1) is 11.8 Å². The van der Waals surface area contributed by atoms with E-state index in [1.165, 1.54) is 0 Å². The molecular formula is C20H31N3O3S. The highest BCUT2D eigenvalue weighted by atomic mass is 32.2. The molecule has 2 saturated heterocycles. The number of hydrogen-bond donors (Lipinski definition) is 1. The summed E-state index contributed by atoms with van der Waals surface area (Å²) >= 11 is 0. The molecule has 0 aliphatic carbocycles. The molecule has 0 aromatic heterocycles. The van der Waals surface area contributed by atoms with Crippen molar-refractivity contribution in [3.05, 3.63) is 29.8 Å². The van der Waals surface area contributed by atoms with Gasteiger partial charge < -0.3 is 10.2 Å². The van der Waals surface area contributed by atoms with Crippen LogP contribution in [0.15, 0.2) is 29.2 Å². The molecule has 2 heterocycles. The number of nitrogens with one attached hydrogen (secondary N) is 1. The van der Waals surface area contributed by atoms with Gasteiger partial charge in [-0.2, -0.15) is 4.31 Å². The van der Waals surface area contributed by atoms with Crippen molar-refractivity contribution in [2.75, 3.05) is 33.2 Å². The normalized spacial score (nSPS) is 25.5. The van der Waals surface area contributed by atoms with Crippen molar-refractivity contribution in [1.29, 1.82) is 0 Å². The first-order chi connectivity index (χ1) is 12.8. The summed E-state index contributed by atoms with van der Waals surface area (Å²) in [6.07, 6.45) is 2.89. The number of carbonyl (C=O) groups is 1. The molecule has 1 amide bonds. The number of likely N-dealkylation sites (tertiary alicyclic amines) is 1. The zero-order valence-corrected chi connectivity index (χ0v) is 17.3. The number of nitrogens with zero attached hydrogens (tertiary/aromatic N) is 2. The lowest BCUT2D eigenvalue weighted by Gasteiger charge is -2.34. The van der Waals surface area contributed by atoms with E-state index in [0.717, 1.165) is 19.3 Å². The van der Waals surface area contributed by atoms with E-state index in [2.05, 4.69) is 19.2 Å². The monoisotopic (exact) mass is 393 g/mol. The van der Waals surface area contributed by atoms with Gasteiger partial charge in [0.15, 0.2) is 0 Å². The topological polar surface area (TPSA) is 69.7 Å².